The van der Waals surface area contributed by atoms with Crippen molar-refractivity contribution in [3.63, 3.8) is 0 Å². The Morgan fingerprint density at radius 1 is 1.15 bits per heavy atom. The van der Waals surface area contributed by atoms with Gasteiger partial charge in [-0.1, -0.05) is 38.1 Å². The minimum absolute atomic E-state index is 0.331. The van der Waals surface area contributed by atoms with Crippen LogP contribution < -0.4 is 0 Å². The zero-order chi connectivity index (χ0) is 14.3. The molecule has 0 saturated carbocycles. The molecule has 3 nitrogen and oxygen atoms in total. The van der Waals surface area contributed by atoms with Gasteiger partial charge in [0.1, 0.15) is 0 Å². The molecule has 3 rings (SSSR count). The second kappa shape index (κ2) is 5.14. The van der Waals surface area contributed by atoms with Crippen LogP contribution in [0.2, 0.25) is 0 Å². The quantitative estimate of drug-likeness (QED) is 0.900. The molecule has 0 aliphatic carbocycles. The van der Waals surface area contributed by atoms with E-state index in [0.717, 1.165) is 31.6 Å². The van der Waals surface area contributed by atoms with Crippen molar-refractivity contribution in [1.29, 1.82) is 0 Å². The lowest BCUT2D eigenvalue weighted by molar-refractivity contribution is -0.137. The van der Waals surface area contributed by atoms with E-state index in [4.69, 9.17) is 4.74 Å². The van der Waals surface area contributed by atoms with Crippen LogP contribution in [-0.4, -0.2) is 42.4 Å². The van der Waals surface area contributed by atoms with Crippen molar-refractivity contribution in [2.75, 3.05) is 20.3 Å². The molecule has 2 saturated heterocycles. The number of nitrogens with zero attached hydrogens (tertiary/aromatic N) is 1. The third-order valence-corrected chi connectivity index (χ3v) is 5.03. The monoisotopic (exact) mass is 275 g/mol. The van der Waals surface area contributed by atoms with Gasteiger partial charge in [-0.3, -0.25) is 4.90 Å². The van der Waals surface area contributed by atoms with Gasteiger partial charge in [0, 0.05) is 12.1 Å². The van der Waals surface area contributed by atoms with Crippen LogP contribution in [0.5, 0.6) is 0 Å². The third kappa shape index (κ3) is 2.39. The second-order valence-electron chi connectivity index (χ2n) is 6.73. The van der Waals surface area contributed by atoms with Crippen molar-refractivity contribution in [2.24, 2.45) is 0 Å². The van der Waals surface area contributed by atoms with Crippen molar-refractivity contribution in [3.8, 4) is 0 Å². The Hall–Kier alpha value is -0.900. The van der Waals surface area contributed by atoms with Crippen LogP contribution in [0.3, 0.4) is 0 Å². The van der Waals surface area contributed by atoms with Gasteiger partial charge >= 0.3 is 0 Å². The number of piperidine rings is 1. The summed E-state index contributed by atoms with van der Waals surface area (Å²) >= 11 is 0. The molecule has 1 N–H and O–H groups in total. The number of morpholine rings is 1. The molecule has 3 heteroatoms. The van der Waals surface area contributed by atoms with Crippen LogP contribution in [0.15, 0.2) is 24.3 Å². The summed E-state index contributed by atoms with van der Waals surface area (Å²) in [5.74, 6) is 0.531. The maximum atomic E-state index is 11.1. The molecule has 2 unspecified atom stereocenters. The summed E-state index contributed by atoms with van der Waals surface area (Å²) in [5.41, 5.74) is 1.70. The summed E-state index contributed by atoms with van der Waals surface area (Å²) in [6.07, 6.45) is 1.53. The molecule has 0 spiro atoms. The highest BCUT2D eigenvalue weighted by Crippen LogP contribution is 2.40. The van der Waals surface area contributed by atoms with Crippen molar-refractivity contribution in [2.45, 2.75) is 50.3 Å². The number of fused-ring (bicyclic) bond motifs is 2. The standard InChI is InChI=1S/C17H25NO2/c1-12(2)13-4-6-14(7-5-13)17(19)8-15-10-20-11-16(9-17)18(15)3/h4-7,12,15-16,19H,8-11H2,1-3H3. The first-order chi connectivity index (χ1) is 9.49. The topological polar surface area (TPSA) is 32.7 Å². The lowest BCUT2D eigenvalue weighted by atomic mass is 9.77. The molecule has 0 aromatic heterocycles. The second-order valence-corrected chi connectivity index (χ2v) is 6.73. The van der Waals surface area contributed by atoms with Gasteiger partial charge in [-0.2, -0.15) is 0 Å². The fourth-order valence-corrected chi connectivity index (χ4v) is 3.56. The fourth-order valence-electron chi connectivity index (χ4n) is 3.56. The first kappa shape index (κ1) is 14.1. The largest absolute Gasteiger partial charge is 0.385 e. The zero-order valence-corrected chi connectivity index (χ0v) is 12.7. The molecule has 1 aromatic carbocycles. The average molecular weight is 275 g/mol. The molecule has 2 aliphatic rings. The lowest BCUT2D eigenvalue weighted by Crippen LogP contribution is -2.59. The SMILES string of the molecule is CC(C)c1ccc(C2(O)CC3COCC(C2)N3C)cc1. The minimum Gasteiger partial charge on any atom is -0.385 e. The molecule has 20 heavy (non-hydrogen) atoms. The van der Waals surface area contributed by atoms with E-state index in [1.165, 1.54) is 5.56 Å². The highest BCUT2D eigenvalue weighted by Gasteiger charge is 2.45. The predicted molar refractivity (Wildman–Crippen MR) is 79.8 cm³/mol. The molecule has 2 aliphatic heterocycles. The Bertz CT molecular complexity index is 454. The third-order valence-electron chi connectivity index (χ3n) is 5.03. The van der Waals surface area contributed by atoms with Gasteiger partial charge in [0.25, 0.3) is 0 Å². The van der Waals surface area contributed by atoms with E-state index in [1.807, 2.05) is 0 Å². The number of likely N-dealkylation sites (N-methyl/N-ethyl adjacent to an activating group) is 1. The van der Waals surface area contributed by atoms with E-state index in [2.05, 4.69) is 50.1 Å². The highest BCUT2D eigenvalue weighted by atomic mass is 16.5. The predicted octanol–water partition coefficient (Wildman–Crippen LogP) is 2.49. The summed E-state index contributed by atoms with van der Waals surface area (Å²) in [5, 5.41) is 11.1. The summed E-state index contributed by atoms with van der Waals surface area (Å²) in [6.45, 7) is 5.86. The highest BCUT2D eigenvalue weighted by molar-refractivity contribution is 5.30. The van der Waals surface area contributed by atoms with Crippen LogP contribution in [0.1, 0.15) is 43.7 Å². The molecule has 2 bridgehead atoms. The van der Waals surface area contributed by atoms with E-state index in [0.29, 0.717) is 18.0 Å². The Morgan fingerprint density at radius 2 is 1.70 bits per heavy atom. The first-order valence-electron chi connectivity index (χ1n) is 7.62. The Balaban J connectivity index is 1.85. The van der Waals surface area contributed by atoms with Crippen LogP contribution in [0.25, 0.3) is 0 Å². The summed E-state index contributed by atoms with van der Waals surface area (Å²) in [6, 6.07) is 9.19. The first-order valence-corrected chi connectivity index (χ1v) is 7.62. The van der Waals surface area contributed by atoms with Gasteiger partial charge < -0.3 is 9.84 Å². The van der Waals surface area contributed by atoms with Crippen molar-refractivity contribution in [3.05, 3.63) is 35.4 Å². The fraction of sp³-hybridized carbons (Fsp3) is 0.647. The van der Waals surface area contributed by atoms with Gasteiger partial charge in [-0.05, 0) is 36.9 Å². The average Bonchev–Trinajstić information content (AvgIpc) is 2.41. The molecule has 110 valence electrons. The van der Waals surface area contributed by atoms with Gasteiger partial charge in [0.15, 0.2) is 0 Å². The van der Waals surface area contributed by atoms with Gasteiger partial charge in [-0.15, -0.1) is 0 Å². The Kier molecular flexibility index (Phi) is 3.61. The number of rotatable bonds is 2. The van der Waals surface area contributed by atoms with Gasteiger partial charge in [0.2, 0.25) is 0 Å². The van der Waals surface area contributed by atoms with E-state index in [1.54, 1.807) is 0 Å². The number of aliphatic hydroxyl groups is 1. The van der Waals surface area contributed by atoms with Crippen molar-refractivity contribution < 1.29 is 9.84 Å². The van der Waals surface area contributed by atoms with Gasteiger partial charge in [-0.25, -0.2) is 0 Å². The number of hydrogen-bond acceptors (Lipinski definition) is 3. The summed E-state index contributed by atoms with van der Waals surface area (Å²) in [4.78, 5) is 2.38. The van der Waals surface area contributed by atoms with Crippen LogP contribution >= 0.6 is 0 Å². The van der Waals surface area contributed by atoms with E-state index >= 15 is 0 Å². The smallest absolute Gasteiger partial charge is 0.0928 e. The van der Waals surface area contributed by atoms with Crippen molar-refractivity contribution >= 4 is 0 Å². The van der Waals surface area contributed by atoms with E-state index in [-0.39, 0.29) is 0 Å². The zero-order valence-electron chi connectivity index (χ0n) is 12.7. The molecule has 1 aromatic rings. The van der Waals surface area contributed by atoms with Crippen LogP contribution in [-0.2, 0) is 10.3 Å². The summed E-state index contributed by atoms with van der Waals surface area (Å²) in [7, 11) is 2.15. The Morgan fingerprint density at radius 3 is 2.20 bits per heavy atom. The Labute approximate surface area is 121 Å². The molecule has 2 atom stereocenters. The minimum atomic E-state index is -0.693. The molecule has 0 radical (unpaired) electrons. The van der Waals surface area contributed by atoms with Crippen LogP contribution in [0.4, 0.5) is 0 Å². The number of ether oxygens (including phenoxy) is 1. The molecular weight excluding hydrogens is 250 g/mol. The number of benzene rings is 1. The molecule has 0 amide bonds. The maximum absolute atomic E-state index is 11.1. The number of hydrogen-bond donors (Lipinski definition) is 1. The van der Waals surface area contributed by atoms with Gasteiger partial charge in [0.05, 0.1) is 18.8 Å². The molecular formula is C17H25NO2. The van der Waals surface area contributed by atoms with Crippen molar-refractivity contribution in [1.82, 2.24) is 4.90 Å². The van der Waals surface area contributed by atoms with E-state index < -0.39 is 5.60 Å². The normalized spacial score (nSPS) is 34.5. The van der Waals surface area contributed by atoms with Crippen LogP contribution in [0, 0.1) is 0 Å². The molecule has 2 fully saturated rings. The van der Waals surface area contributed by atoms with E-state index in [9.17, 15) is 5.11 Å². The summed E-state index contributed by atoms with van der Waals surface area (Å²) < 4.78 is 5.63. The molecule has 2 heterocycles. The lowest BCUT2D eigenvalue weighted by Gasteiger charge is -2.50. The maximum Gasteiger partial charge on any atom is 0.0928 e.